The van der Waals surface area contributed by atoms with Crippen LogP contribution in [-0.2, 0) is 0 Å². The van der Waals surface area contributed by atoms with Crippen molar-refractivity contribution in [2.75, 3.05) is 11.5 Å². The van der Waals surface area contributed by atoms with Crippen molar-refractivity contribution in [3.63, 3.8) is 0 Å². The molecule has 0 N–H and O–H groups in total. The summed E-state index contributed by atoms with van der Waals surface area (Å²) >= 11 is 7.85. The van der Waals surface area contributed by atoms with Crippen molar-refractivity contribution in [1.82, 2.24) is 4.98 Å². The molecule has 0 aliphatic heterocycles. The Balaban J connectivity index is 2.25. The fraction of sp³-hybridized carbons (Fsp3) is 0.625. The Morgan fingerprint density at radius 2 is 2.58 bits per heavy atom. The SMILES string of the molecule is CCC(CS)CSc1nccs1. The van der Waals surface area contributed by atoms with Crippen LogP contribution in [0.5, 0.6) is 0 Å². The summed E-state index contributed by atoms with van der Waals surface area (Å²) in [6, 6.07) is 0. The molecule has 0 radical (unpaired) electrons. The van der Waals surface area contributed by atoms with Crippen LogP contribution in [-0.4, -0.2) is 16.5 Å². The molecule has 1 rings (SSSR count). The van der Waals surface area contributed by atoms with Crippen LogP contribution in [0.1, 0.15) is 13.3 Å². The van der Waals surface area contributed by atoms with Crippen LogP contribution in [0, 0.1) is 5.92 Å². The van der Waals surface area contributed by atoms with E-state index in [1.165, 1.54) is 10.8 Å². The highest BCUT2D eigenvalue weighted by atomic mass is 32.2. The van der Waals surface area contributed by atoms with Gasteiger partial charge in [-0.1, -0.05) is 25.1 Å². The zero-order valence-corrected chi connectivity index (χ0v) is 9.59. The summed E-state index contributed by atoms with van der Waals surface area (Å²) in [7, 11) is 0. The quantitative estimate of drug-likeness (QED) is 0.603. The number of hydrogen-bond donors (Lipinski definition) is 1. The number of nitrogens with zero attached hydrogens (tertiary/aromatic N) is 1. The van der Waals surface area contributed by atoms with Crippen LogP contribution < -0.4 is 0 Å². The maximum absolute atomic E-state index is 4.30. The first-order valence-corrected chi connectivity index (χ1v) is 6.49. The molecular weight excluding hydrogens is 206 g/mol. The monoisotopic (exact) mass is 219 g/mol. The molecule has 0 aromatic carbocycles. The van der Waals surface area contributed by atoms with Crippen molar-refractivity contribution in [2.24, 2.45) is 5.92 Å². The molecule has 1 unspecified atom stereocenters. The molecule has 0 amide bonds. The first kappa shape index (κ1) is 10.4. The molecule has 1 aromatic heterocycles. The molecule has 0 aliphatic carbocycles. The second-order valence-corrected chi connectivity index (χ2v) is 5.09. The van der Waals surface area contributed by atoms with Gasteiger partial charge in [-0.05, 0) is 11.7 Å². The molecule has 0 saturated carbocycles. The van der Waals surface area contributed by atoms with Gasteiger partial charge in [0.05, 0.1) is 0 Å². The highest BCUT2D eigenvalue weighted by molar-refractivity contribution is 8.01. The van der Waals surface area contributed by atoms with E-state index < -0.39 is 0 Å². The van der Waals surface area contributed by atoms with Crippen molar-refractivity contribution in [3.05, 3.63) is 11.6 Å². The zero-order valence-electron chi connectivity index (χ0n) is 7.06. The molecule has 0 bridgehead atoms. The number of thiazole rings is 1. The lowest BCUT2D eigenvalue weighted by Gasteiger charge is -2.08. The minimum absolute atomic E-state index is 0.724. The van der Waals surface area contributed by atoms with Crippen LogP contribution in [0.15, 0.2) is 15.9 Å². The van der Waals surface area contributed by atoms with Crippen LogP contribution in [0.2, 0.25) is 0 Å². The largest absolute Gasteiger partial charge is 0.238 e. The fourth-order valence-corrected chi connectivity index (χ4v) is 3.20. The van der Waals surface area contributed by atoms with Crippen LogP contribution in [0.4, 0.5) is 0 Å². The average Bonchev–Trinajstić information content (AvgIpc) is 2.59. The highest BCUT2D eigenvalue weighted by Crippen LogP contribution is 2.24. The average molecular weight is 219 g/mol. The standard InChI is InChI=1S/C8H13NS3/c1-2-7(5-10)6-12-8-9-3-4-11-8/h3-4,7,10H,2,5-6H2,1H3. The summed E-state index contributed by atoms with van der Waals surface area (Å²) in [5.74, 6) is 2.85. The first-order chi connectivity index (χ1) is 5.86. The number of hydrogen-bond acceptors (Lipinski definition) is 4. The summed E-state index contributed by atoms with van der Waals surface area (Å²) in [4.78, 5) is 4.21. The number of thiol groups is 1. The van der Waals surface area contributed by atoms with E-state index in [4.69, 9.17) is 0 Å². The van der Waals surface area contributed by atoms with Crippen molar-refractivity contribution >= 4 is 35.7 Å². The Morgan fingerprint density at radius 3 is 3.08 bits per heavy atom. The summed E-state index contributed by atoms with van der Waals surface area (Å²) in [6.07, 6.45) is 3.07. The third-order valence-corrected chi connectivity index (χ3v) is 4.40. The molecule has 0 fully saturated rings. The third kappa shape index (κ3) is 3.37. The molecule has 68 valence electrons. The molecule has 0 aliphatic rings. The van der Waals surface area contributed by atoms with Gasteiger partial charge in [0.1, 0.15) is 4.34 Å². The molecule has 12 heavy (non-hydrogen) atoms. The Labute approximate surface area is 87.4 Å². The second-order valence-electron chi connectivity index (χ2n) is 2.57. The molecule has 0 saturated heterocycles. The van der Waals surface area contributed by atoms with E-state index in [2.05, 4.69) is 24.5 Å². The van der Waals surface area contributed by atoms with E-state index in [0.717, 1.165) is 17.4 Å². The van der Waals surface area contributed by atoms with E-state index >= 15 is 0 Å². The van der Waals surface area contributed by atoms with E-state index in [9.17, 15) is 0 Å². The van der Waals surface area contributed by atoms with E-state index in [0.29, 0.717) is 0 Å². The van der Waals surface area contributed by atoms with Crippen molar-refractivity contribution in [1.29, 1.82) is 0 Å². The topological polar surface area (TPSA) is 12.9 Å². The summed E-state index contributed by atoms with van der Waals surface area (Å²) in [6.45, 7) is 2.21. The molecule has 0 spiro atoms. The van der Waals surface area contributed by atoms with Gasteiger partial charge >= 0.3 is 0 Å². The number of aromatic nitrogens is 1. The lowest BCUT2D eigenvalue weighted by atomic mass is 10.2. The molecule has 1 atom stereocenters. The fourth-order valence-electron chi connectivity index (χ4n) is 0.770. The van der Waals surface area contributed by atoms with Gasteiger partial charge in [-0.15, -0.1) is 11.3 Å². The van der Waals surface area contributed by atoms with Crippen LogP contribution in [0.25, 0.3) is 0 Å². The second kappa shape index (κ2) is 5.89. The predicted molar refractivity (Wildman–Crippen MR) is 60.5 cm³/mol. The summed E-state index contributed by atoms with van der Waals surface area (Å²) in [5.41, 5.74) is 0. The number of thioether (sulfide) groups is 1. The Morgan fingerprint density at radius 1 is 1.75 bits per heavy atom. The van der Waals surface area contributed by atoms with Gasteiger partial charge in [0, 0.05) is 17.3 Å². The first-order valence-electron chi connectivity index (χ1n) is 4.00. The number of rotatable bonds is 5. The van der Waals surface area contributed by atoms with E-state index in [-0.39, 0.29) is 0 Å². The zero-order chi connectivity index (χ0) is 8.81. The van der Waals surface area contributed by atoms with E-state index in [1.807, 2.05) is 23.3 Å². The van der Waals surface area contributed by atoms with E-state index in [1.54, 1.807) is 11.3 Å². The van der Waals surface area contributed by atoms with Crippen LogP contribution in [0.3, 0.4) is 0 Å². The minimum Gasteiger partial charge on any atom is -0.238 e. The Hall–Kier alpha value is 0.330. The van der Waals surface area contributed by atoms with Gasteiger partial charge in [0.15, 0.2) is 0 Å². The third-order valence-electron chi connectivity index (χ3n) is 1.69. The molecule has 1 heterocycles. The molecule has 1 aromatic rings. The van der Waals surface area contributed by atoms with Crippen molar-refractivity contribution < 1.29 is 0 Å². The molecule has 1 nitrogen and oxygen atoms in total. The van der Waals surface area contributed by atoms with Gasteiger partial charge in [0.2, 0.25) is 0 Å². The van der Waals surface area contributed by atoms with Crippen molar-refractivity contribution in [2.45, 2.75) is 17.7 Å². The summed E-state index contributed by atoms with van der Waals surface area (Å²) < 4.78 is 1.18. The molecule has 4 heteroatoms. The smallest absolute Gasteiger partial charge is 0.149 e. The van der Waals surface area contributed by atoms with Gasteiger partial charge < -0.3 is 0 Å². The van der Waals surface area contributed by atoms with Gasteiger partial charge in [-0.25, -0.2) is 4.98 Å². The van der Waals surface area contributed by atoms with Gasteiger partial charge in [0.25, 0.3) is 0 Å². The van der Waals surface area contributed by atoms with Crippen LogP contribution >= 0.6 is 35.7 Å². The normalized spacial score (nSPS) is 13.2. The molecular formula is C8H13NS3. The van der Waals surface area contributed by atoms with Crippen molar-refractivity contribution in [3.8, 4) is 0 Å². The Kier molecular flexibility index (Phi) is 5.11. The predicted octanol–water partition coefficient (Wildman–Crippen LogP) is 3.19. The summed E-state index contributed by atoms with van der Waals surface area (Å²) in [5, 5.41) is 2.02. The minimum atomic E-state index is 0.724. The maximum Gasteiger partial charge on any atom is 0.149 e. The highest BCUT2D eigenvalue weighted by Gasteiger charge is 2.05. The van der Waals surface area contributed by atoms with Gasteiger partial charge in [-0.3, -0.25) is 0 Å². The maximum atomic E-state index is 4.30. The Bertz CT molecular complexity index is 194. The lowest BCUT2D eigenvalue weighted by molar-refractivity contribution is 0.649. The lowest BCUT2D eigenvalue weighted by Crippen LogP contribution is -2.03. The van der Waals surface area contributed by atoms with Gasteiger partial charge in [-0.2, -0.15) is 12.6 Å².